The minimum absolute atomic E-state index is 0.432. The summed E-state index contributed by atoms with van der Waals surface area (Å²) in [4.78, 5) is 11.6. The number of fused-ring (bicyclic) bond motifs is 3. The third-order valence-corrected chi connectivity index (χ3v) is 4.85. The van der Waals surface area contributed by atoms with Crippen molar-refractivity contribution in [2.24, 2.45) is 11.5 Å². The van der Waals surface area contributed by atoms with Crippen LogP contribution in [0.2, 0.25) is 0 Å². The lowest BCUT2D eigenvalue weighted by Crippen LogP contribution is -2.40. The van der Waals surface area contributed by atoms with Crippen molar-refractivity contribution in [1.82, 2.24) is 4.57 Å². The minimum atomic E-state index is -0.547. The van der Waals surface area contributed by atoms with Crippen LogP contribution >= 0.6 is 0 Å². The van der Waals surface area contributed by atoms with Crippen LogP contribution in [-0.2, 0) is 4.79 Å². The zero-order valence-electron chi connectivity index (χ0n) is 12.4. The van der Waals surface area contributed by atoms with E-state index in [-0.39, 0.29) is 0 Å². The fraction of sp³-hybridized carbons (Fsp3) is 0.353. The molecule has 0 radical (unpaired) electrons. The van der Waals surface area contributed by atoms with Crippen molar-refractivity contribution in [2.75, 3.05) is 5.32 Å². The van der Waals surface area contributed by atoms with Gasteiger partial charge in [0, 0.05) is 17.0 Å². The summed E-state index contributed by atoms with van der Waals surface area (Å²) >= 11 is 0. The first kappa shape index (κ1) is 13.4. The van der Waals surface area contributed by atoms with Crippen molar-refractivity contribution in [3.05, 3.63) is 35.4 Å². The predicted octanol–water partition coefficient (Wildman–Crippen LogP) is 2.34. The van der Waals surface area contributed by atoms with Gasteiger partial charge < -0.3 is 21.4 Å². The van der Waals surface area contributed by atoms with Crippen LogP contribution in [-0.4, -0.2) is 16.6 Å². The Hall–Kier alpha value is -2.27. The minimum Gasteiger partial charge on any atom is -0.366 e. The third-order valence-electron chi connectivity index (χ3n) is 4.85. The molecule has 114 valence electrons. The fourth-order valence-corrected chi connectivity index (χ4v) is 3.82. The van der Waals surface area contributed by atoms with E-state index in [4.69, 9.17) is 11.5 Å². The van der Waals surface area contributed by atoms with Gasteiger partial charge in [-0.3, -0.25) is 4.79 Å². The number of amides is 1. The molecule has 2 heterocycles. The van der Waals surface area contributed by atoms with Crippen molar-refractivity contribution >= 4 is 28.7 Å². The number of carbonyl (C=O) groups is 1. The van der Waals surface area contributed by atoms with Gasteiger partial charge >= 0.3 is 0 Å². The van der Waals surface area contributed by atoms with Crippen LogP contribution in [0.15, 0.2) is 29.8 Å². The maximum atomic E-state index is 11.6. The van der Waals surface area contributed by atoms with E-state index in [0.717, 1.165) is 16.8 Å². The molecular weight excluding hydrogens is 276 g/mol. The molecule has 1 amide bonds. The molecule has 1 aromatic heterocycles. The van der Waals surface area contributed by atoms with E-state index in [0.29, 0.717) is 11.6 Å². The average molecular weight is 296 g/mol. The molecule has 2 aromatic rings. The Kier molecular flexibility index (Phi) is 2.97. The standard InChI is InChI=1S/C17H20N4O/c18-15-13(16(19)22)9-12-11-7-3-4-8-14(11)21(17(12)20-15)10-5-1-2-6-10/h3-4,7-10,15,20H,1-2,5-6,18H2,(H2,19,22). The lowest BCUT2D eigenvalue weighted by atomic mass is 10.0. The number of aromatic nitrogens is 1. The highest BCUT2D eigenvalue weighted by Crippen LogP contribution is 2.42. The van der Waals surface area contributed by atoms with Crippen LogP contribution in [0.1, 0.15) is 37.3 Å². The van der Waals surface area contributed by atoms with Crippen molar-refractivity contribution in [2.45, 2.75) is 37.9 Å². The molecular formula is C17H20N4O. The first-order chi connectivity index (χ1) is 10.7. The number of rotatable bonds is 2. The molecule has 1 atom stereocenters. The van der Waals surface area contributed by atoms with E-state index in [9.17, 15) is 4.79 Å². The van der Waals surface area contributed by atoms with Crippen LogP contribution < -0.4 is 16.8 Å². The molecule has 0 saturated heterocycles. The number of hydrogen-bond acceptors (Lipinski definition) is 3. The predicted molar refractivity (Wildman–Crippen MR) is 88.2 cm³/mol. The summed E-state index contributed by atoms with van der Waals surface area (Å²) in [6.07, 6.45) is 6.21. The molecule has 1 aliphatic carbocycles. The number of nitrogens with one attached hydrogen (secondary N) is 1. The van der Waals surface area contributed by atoms with Gasteiger partial charge in [0.25, 0.3) is 0 Å². The quantitative estimate of drug-likeness (QED) is 0.795. The molecule has 0 bridgehead atoms. The number of para-hydroxylation sites is 1. The van der Waals surface area contributed by atoms with E-state index in [1.807, 2.05) is 12.1 Å². The molecule has 1 aliphatic heterocycles. The van der Waals surface area contributed by atoms with E-state index < -0.39 is 12.1 Å². The third kappa shape index (κ3) is 1.85. The Morgan fingerprint density at radius 2 is 1.95 bits per heavy atom. The maximum Gasteiger partial charge on any atom is 0.248 e. The second kappa shape index (κ2) is 4.88. The average Bonchev–Trinajstić information content (AvgIpc) is 3.11. The second-order valence-corrected chi connectivity index (χ2v) is 6.17. The molecule has 1 unspecified atom stereocenters. The SMILES string of the molecule is NC(=O)C1=Cc2c(n(C3CCCC3)c3ccccc23)NC1N. The van der Waals surface area contributed by atoms with Crippen molar-refractivity contribution < 1.29 is 4.79 Å². The molecule has 1 saturated carbocycles. The van der Waals surface area contributed by atoms with Gasteiger partial charge in [-0.25, -0.2) is 0 Å². The topological polar surface area (TPSA) is 86.1 Å². The number of benzene rings is 1. The Balaban J connectivity index is 1.99. The van der Waals surface area contributed by atoms with Gasteiger partial charge in [0.2, 0.25) is 5.91 Å². The summed E-state index contributed by atoms with van der Waals surface area (Å²) < 4.78 is 2.37. The number of primary amides is 1. The number of anilines is 1. The van der Waals surface area contributed by atoms with Crippen LogP contribution in [0.4, 0.5) is 5.82 Å². The summed E-state index contributed by atoms with van der Waals surface area (Å²) in [5.74, 6) is 0.550. The van der Waals surface area contributed by atoms with Gasteiger partial charge in [0.15, 0.2) is 0 Å². The molecule has 1 aromatic carbocycles. The summed E-state index contributed by atoms with van der Waals surface area (Å²) in [5, 5.41) is 4.44. The van der Waals surface area contributed by atoms with Crippen molar-refractivity contribution in [3.8, 4) is 0 Å². The molecule has 2 aliphatic rings. The molecule has 5 N–H and O–H groups in total. The number of nitrogens with zero attached hydrogens (tertiary/aromatic N) is 1. The van der Waals surface area contributed by atoms with Crippen LogP contribution in [0.25, 0.3) is 17.0 Å². The first-order valence-corrected chi connectivity index (χ1v) is 7.83. The highest BCUT2D eigenvalue weighted by atomic mass is 16.1. The molecule has 22 heavy (non-hydrogen) atoms. The second-order valence-electron chi connectivity index (χ2n) is 6.17. The van der Waals surface area contributed by atoms with E-state index in [1.165, 1.54) is 31.2 Å². The molecule has 0 spiro atoms. The lowest BCUT2D eigenvalue weighted by Gasteiger charge is -2.26. The highest BCUT2D eigenvalue weighted by Gasteiger charge is 2.29. The zero-order chi connectivity index (χ0) is 15.3. The number of hydrogen-bond donors (Lipinski definition) is 3. The van der Waals surface area contributed by atoms with E-state index in [1.54, 1.807) is 0 Å². The summed E-state index contributed by atoms with van der Waals surface area (Å²) in [6, 6.07) is 8.80. The largest absolute Gasteiger partial charge is 0.366 e. The van der Waals surface area contributed by atoms with E-state index >= 15 is 0 Å². The fourth-order valence-electron chi connectivity index (χ4n) is 3.82. The first-order valence-electron chi connectivity index (χ1n) is 7.83. The van der Waals surface area contributed by atoms with Gasteiger partial charge in [-0.2, -0.15) is 0 Å². The Labute approximate surface area is 129 Å². The molecule has 5 nitrogen and oxygen atoms in total. The maximum absolute atomic E-state index is 11.6. The van der Waals surface area contributed by atoms with E-state index in [2.05, 4.69) is 28.1 Å². The molecule has 5 heteroatoms. The normalized spacial score (nSPS) is 21.5. The zero-order valence-corrected chi connectivity index (χ0v) is 12.4. The highest BCUT2D eigenvalue weighted by molar-refractivity contribution is 6.06. The number of nitrogens with two attached hydrogens (primary N) is 2. The van der Waals surface area contributed by atoms with Gasteiger partial charge in [-0.1, -0.05) is 31.0 Å². The summed E-state index contributed by atoms with van der Waals surface area (Å²) in [5.41, 5.74) is 14.2. The molecule has 4 rings (SSSR count). The van der Waals surface area contributed by atoms with Crippen molar-refractivity contribution in [1.29, 1.82) is 0 Å². The number of carbonyl (C=O) groups excluding carboxylic acids is 1. The van der Waals surface area contributed by atoms with Gasteiger partial charge in [0.05, 0.1) is 11.1 Å². The summed E-state index contributed by atoms with van der Waals surface area (Å²) in [6.45, 7) is 0. The smallest absolute Gasteiger partial charge is 0.248 e. The van der Waals surface area contributed by atoms with Crippen LogP contribution in [0, 0.1) is 0 Å². The Bertz CT molecular complexity index is 783. The Morgan fingerprint density at radius 1 is 1.23 bits per heavy atom. The van der Waals surface area contributed by atoms with Gasteiger partial charge in [0.1, 0.15) is 12.0 Å². The molecule has 1 fully saturated rings. The van der Waals surface area contributed by atoms with Crippen LogP contribution in [0.3, 0.4) is 0 Å². The summed E-state index contributed by atoms with van der Waals surface area (Å²) in [7, 11) is 0. The van der Waals surface area contributed by atoms with Crippen molar-refractivity contribution in [3.63, 3.8) is 0 Å². The van der Waals surface area contributed by atoms with Gasteiger partial charge in [-0.05, 0) is 25.0 Å². The van der Waals surface area contributed by atoms with Gasteiger partial charge in [-0.15, -0.1) is 0 Å². The van der Waals surface area contributed by atoms with Crippen LogP contribution in [0.5, 0.6) is 0 Å². The Morgan fingerprint density at radius 3 is 2.68 bits per heavy atom. The lowest BCUT2D eigenvalue weighted by molar-refractivity contribution is -0.114. The monoisotopic (exact) mass is 296 g/mol.